The van der Waals surface area contributed by atoms with E-state index in [4.69, 9.17) is 4.74 Å². The number of halogens is 2. The molecule has 0 radical (unpaired) electrons. The van der Waals surface area contributed by atoms with Gasteiger partial charge in [0.1, 0.15) is 16.5 Å². The van der Waals surface area contributed by atoms with E-state index in [-0.39, 0.29) is 12.4 Å². The molecule has 0 saturated carbocycles. The van der Waals surface area contributed by atoms with Crippen molar-refractivity contribution < 1.29 is 21.9 Å². The van der Waals surface area contributed by atoms with Crippen LogP contribution >= 0.6 is 0 Å². The Balaban J connectivity index is 1.84. The standard InChI is InChI=1S/C16H20F2N6O3S/c1-23(2)15-20-14(21-16(22-15)24-5-7-27-8-6-24)10-19-28(25,26)13-9-11(17)3-4-12(13)18/h3-4,9,19H,5-8,10H2,1-2H3. The molecule has 2 heterocycles. The summed E-state index contributed by atoms with van der Waals surface area (Å²) in [6.07, 6.45) is 0. The number of benzene rings is 1. The molecule has 1 aromatic carbocycles. The van der Waals surface area contributed by atoms with E-state index < -0.39 is 26.6 Å². The summed E-state index contributed by atoms with van der Waals surface area (Å²) in [7, 11) is -0.806. The zero-order chi connectivity index (χ0) is 20.3. The van der Waals surface area contributed by atoms with E-state index in [1.54, 1.807) is 19.0 Å². The molecule has 0 amide bonds. The number of nitrogens with zero attached hydrogens (tertiary/aromatic N) is 5. The molecule has 0 bridgehead atoms. The second-order valence-corrected chi connectivity index (χ2v) is 7.98. The minimum atomic E-state index is -4.30. The van der Waals surface area contributed by atoms with Gasteiger partial charge in [-0.2, -0.15) is 15.0 Å². The first-order valence-electron chi connectivity index (χ1n) is 8.46. The number of hydrogen-bond donors (Lipinski definition) is 1. The Hall–Kier alpha value is -2.44. The number of anilines is 2. The van der Waals surface area contributed by atoms with Crippen molar-refractivity contribution in [3.63, 3.8) is 0 Å². The van der Waals surface area contributed by atoms with Gasteiger partial charge in [-0.05, 0) is 18.2 Å². The molecule has 152 valence electrons. The number of morpholine rings is 1. The third-order valence-electron chi connectivity index (χ3n) is 3.96. The number of hydrogen-bond acceptors (Lipinski definition) is 8. The van der Waals surface area contributed by atoms with Gasteiger partial charge >= 0.3 is 0 Å². The molecule has 2 aromatic rings. The molecule has 1 aliphatic heterocycles. The maximum Gasteiger partial charge on any atom is 0.243 e. The molecule has 1 N–H and O–H groups in total. The van der Waals surface area contributed by atoms with Crippen LogP contribution in [-0.2, 0) is 21.3 Å². The summed E-state index contributed by atoms with van der Waals surface area (Å²) in [5.74, 6) is -1.00. The predicted octanol–water partition coefficient (Wildman–Crippen LogP) is 0.531. The number of nitrogens with one attached hydrogen (secondary N) is 1. The van der Waals surface area contributed by atoms with Crippen LogP contribution < -0.4 is 14.5 Å². The van der Waals surface area contributed by atoms with Crippen molar-refractivity contribution in [1.82, 2.24) is 19.7 Å². The second kappa shape index (κ2) is 8.29. The normalized spacial score (nSPS) is 14.9. The van der Waals surface area contributed by atoms with Crippen LogP contribution in [0.4, 0.5) is 20.7 Å². The van der Waals surface area contributed by atoms with Crippen molar-refractivity contribution in [2.24, 2.45) is 0 Å². The Morgan fingerprint density at radius 3 is 2.57 bits per heavy atom. The van der Waals surface area contributed by atoms with Crippen LogP contribution in [0.25, 0.3) is 0 Å². The van der Waals surface area contributed by atoms with Crippen molar-refractivity contribution in [2.75, 3.05) is 50.2 Å². The van der Waals surface area contributed by atoms with Gasteiger partial charge in [0.2, 0.25) is 21.9 Å². The van der Waals surface area contributed by atoms with Gasteiger partial charge in [-0.25, -0.2) is 21.9 Å². The fourth-order valence-electron chi connectivity index (χ4n) is 2.50. The Labute approximate surface area is 161 Å². The summed E-state index contributed by atoms with van der Waals surface area (Å²) in [4.78, 5) is 15.7. The summed E-state index contributed by atoms with van der Waals surface area (Å²) in [5.41, 5.74) is 0. The van der Waals surface area contributed by atoms with Gasteiger partial charge in [0.05, 0.1) is 19.8 Å². The average Bonchev–Trinajstić information content (AvgIpc) is 2.68. The predicted molar refractivity (Wildman–Crippen MR) is 97.6 cm³/mol. The molecule has 0 spiro atoms. The summed E-state index contributed by atoms with van der Waals surface area (Å²) in [5, 5.41) is 0. The zero-order valence-corrected chi connectivity index (χ0v) is 16.2. The molecule has 1 fully saturated rings. The summed E-state index contributed by atoms with van der Waals surface area (Å²) in [6, 6.07) is 2.22. The van der Waals surface area contributed by atoms with Crippen molar-refractivity contribution in [3.8, 4) is 0 Å². The molecule has 0 aliphatic carbocycles. The van der Waals surface area contributed by atoms with Crippen LogP contribution in [0, 0.1) is 11.6 Å². The smallest absolute Gasteiger partial charge is 0.243 e. The molecule has 3 rings (SSSR count). The molecular weight excluding hydrogens is 394 g/mol. The SMILES string of the molecule is CN(C)c1nc(CNS(=O)(=O)c2cc(F)ccc2F)nc(N2CCOCC2)n1. The Kier molecular flexibility index (Phi) is 6.01. The van der Waals surface area contributed by atoms with Crippen molar-refractivity contribution in [1.29, 1.82) is 0 Å². The third kappa shape index (κ3) is 4.69. The molecule has 1 saturated heterocycles. The van der Waals surface area contributed by atoms with Crippen molar-refractivity contribution in [2.45, 2.75) is 11.4 Å². The number of aromatic nitrogens is 3. The van der Waals surface area contributed by atoms with Crippen LogP contribution in [0.15, 0.2) is 23.1 Å². The van der Waals surface area contributed by atoms with Gasteiger partial charge in [-0.15, -0.1) is 0 Å². The highest BCUT2D eigenvalue weighted by Gasteiger charge is 2.22. The largest absolute Gasteiger partial charge is 0.378 e. The van der Waals surface area contributed by atoms with E-state index >= 15 is 0 Å². The van der Waals surface area contributed by atoms with Gasteiger partial charge < -0.3 is 14.5 Å². The maximum absolute atomic E-state index is 13.8. The van der Waals surface area contributed by atoms with E-state index in [0.29, 0.717) is 44.3 Å². The van der Waals surface area contributed by atoms with Gasteiger partial charge in [0.25, 0.3) is 0 Å². The lowest BCUT2D eigenvalue weighted by Gasteiger charge is -2.27. The minimum Gasteiger partial charge on any atom is -0.378 e. The van der Waals surface area contributed by atoms with Crippen LogP contribution in [-0.4, -0.2) is 63.8 Å². The Morgan fingerprint density at radius 1 is 1.18 bits per heavy atom. The first-order chi connectivity index (χ1) is 13.3. The highest BCUT2D eigenvalue weighted by Crippen LogP contribution is 2.17. The van der Waals surface area contributed by atoms with Crippen LogP contribution in [0.2, 0.25) is 0 Å². The minimum absolute atomic E-state index is 0.153. The molecule has 9 nitrogen and oxygen atoms in total. The second-order valence-electron chi connectivity index (χ2n) is 6.24. The molecule has 1 aromatic heterocycles. The molecule has 1 aliphatic rings. The maximum atomic E-state index is 13.8. The molecule has 0 atom stereocenters. The van der Waals surface area contributed by atoms with Crippen LogP contribution in [0.5, 0.6) is 0 Å². The summed E-state index contributed by atoms with van der Waals surface area (Å²) < 4.78 is 59.4. The van der Waals surface area contributed by atoms with Gasteiger partial charge in [0.15, 0.2) is 5.82 Å². The van der Waals surface area contributed by atoms with Crippen LogP contribution in [0.1, 0.15) is 5.82 Å². The zero-order valence-electron chi connectivity index (χ0n) is 15.4. The topological polar surface area (TPSA) is 101 Å². The number of ether oxygens (including phenoxy) is 1. The fourth-order valence-corrected chi connectivity index (χ4v) is 3.57. The Morgan fingerprint density at radius 2 is 1.89 bits per heavy atom. The lowest BCUT2D eigenvalue weighted by Crippen LogP contribution is -2.38. The van der Waals surface area contributed by atoms with E-state index in [0.717, 1.165) is 12.1 Å². The van der Waals surface area contributed by atoms with Gasteiger partial charge in [0, 0.05) is 27.2 Å². The third-order valence-corrected chi connectivity index (χ3v) is 5.37. The summed E-state index contributed by atoms with van der Waals surface area (Å²) >= 11 is 0. The average molecular weight is 414 g/mol. The molecular formula is C16H20F2N6O3S. The lowest BCUT2D eigenvalue weighted by molar-refractivity contribution is 0.122. The summed E-state index contributed by atoms with van der Waals surface area (Å²) in [6.45, 7) is 1.94. The molecule has 28 heavy (non-hydrogen) atoms. The molecule has 0 unspecified atom stereocenters. The lowest BCUT2D eigenvalue weighted by atomic mass is 10.3. The fraction of sp³-hybridized carbons (Fsp3) is 0.438. The monoisotopic (exact) mass is 414 g/mol. The van der Waals surface area contributed by atoms with Crippen molar-refractivity contribution in [3.05, 3.63) is 35.7 Å². The first kappa shape index (κ1) is 20.3. The van der Waals surface area contributed by atoms with E-state index in [1.165, 1.54) is 0 Å². The van der Waals surface area contributed by atoms with E-state index in [1.807, 2.05) is 4.90 Å². The quantitative estimate of drug-likeness (QED) is 0.731. The van der Waals surface area contributed by atoms with Crippen LogP contribution in [0.3, 0.4) is 0 Å². The highest BCUT2D eigenvalue weighted by atomic mass is 32.2. The Bertz CT molecular complexity index is 951. The van der Waals surface area contributed by atoms with Gasteiger partial charge in [-0.1, -0.05) is 0 Å². The number of sulfonamides is 1. The van der Waals surface area contributed by atoms with E-state index in [9.17, 15) is 17.2 Å². The highest BCUT2D eigenvalue weighted by molar-refractivity contribution is 7.89. The first-order valence-corrected chi connectivity index (χ1v) is 9.94. The number of rotatable bonds is 6. The van der Waals surface area contributed by atoms with E-state index in [2.05, 4.69) is 19.7 Å². The van der Waals surface area contributed by atoms with Crippen molar-refractivity contribution >= 4 is 21.9 Å². The molecule has 12 heteroatoms. The van der Waals surface area contributed by atoms with Gasteiger partial charge in [-0.3, -0.25) is 0 Å².